The van der Waals surface area contributed by atoms with Gasteiger partial charge in [-0.15, -0.1) is 0 Å². The van der Waals surface area contributed by atoms with Gasteiger partial charge in [0, 0.05) is 6.54 Å². The van der Waals surface area contributed by atoms with E-state index in [1.807, 2.05) is 13.8 Å². The van der Waals surface area contributed by atoms with Crippen molar-refractivity contribution in [3.63, 3.8) is 0 Å². The van der Waals surface area contributed by atoms with E-state index in [2.05, 4.69) is 15.7 Å². The average molecular weight is 309 g/mol. The van der Waals surface area contributed by atoms with Crippen molar-refractivity contribution >= 4 is 23.2 Å². The summed E-state index contributed by atoms with van der Waals surface area (Å²) >= 11 is 5.86. The zero-order valence-electron chi connectivity index (χ0n) is 11.1. The molecule has 0 radical (unpaired) electrons. The van der Waals surface area contributed by atoms with Crippen molar-refractivity contribution in [2.75, 3.05) is 11.9 Å². The summed E-state index contributed by atoms with van der Waals surface area (Å²) in [7, 11) is 0. The van der Waals surface area contributed by atoms with E-state index >= 15 is 0 Å². The first kappa shape index (κ1) is 16.6. The van der Waals surface area contributed by atoms with E-state index in [1.54, 1.807) is 0 Å². The quantitative estimate of drug-likeness (QED) is 0.348. The highest BCUT2D eigenvalue weighted by molar-refractivity contribution is 6.33. The molecule has 0 heterocycles. The van der Waals surface area contributed by atoms with Crippen molar-refractivity contribution in [3.8, 4) is 0 Å². The smallest absolute Gasteiger partial charge is 0.324 e. The Hall–Kier alpha value is -1.47. The Morgan fingerprint density at radius 1 is 1.40 bits per heavy atom. The monoisotopic (exact) mass is 308 g/mol. The molecule has 0 aliphatic carbocycles. The predicted octanol–water partition coefficient (Wildman–Crippen LogP) is 3.25. The summed E-state index contributed by atoms with van der Waals surface area (Å²) in [6, 6.07) is 2.99. The highest BCUT2D eigenvalue weighted by Crippen LogP contribution is 2.33. The number of benzene rings is 1. The van der Waals surface area contributed by atoms with Crippen LogP contribution >= 0.6 is 11.6 Å². The number of anilines is 1. The second kappa shape index (κ2) is 6.81. The van der Waals surface area contributed by atoms with Crippen LogP contribution < -0.4 is 16.6 Å². The van der Waals surface area contributed by atoms with Crippen LogP contribution in [0.4, 0.5) is 18.9 Å². The summed E-state index contributed by atoms with van der Waals surface area (Å²) < 4.78 is 37.9. The number of hydrazine groups is 1. The number of rotatable bonds is 3. The first-order valence-electron chi connectivity index (χ1n) is 5.89. The number of guanidine groups is 1. The maximum atomic E-state index is 12.6. The molecular formula is C12H16ClF3N4. The van der Waals surface area contributed by atoms with E-state index in [4.69, 9.17) is 17.4 Å². The molecule has 1 aromatic carbocycles. The van der Waals surface area contributed by atoms with Gasteiger partial charge in [0.2, 0.25) is 5.96 Å². The van der Waals surface area contributed by atoms with E-state index < -0.39 is 11.7 Å². The lowest BCUT2D eigenvalue weighted by molar-refractivity contribution is -0.137. The summed E-state index contributed by atoms with van der Waals surface area (Å²) in [6.45, 7) is 4.38. The van der Waals surface area contributed by atoms with Crippen LogP contribution in [0.5, 0.6) is 0 Å². The molecule has 0 bridgehead atoms. The molecular weight excluding hydrogens is 293 g/mol. The third-order valence-electron chi connectivity index (χ3n) is 2.30. The topological polar surface area (TPSA) is 62.4 Å². The first-order valence-corrected chi connectivity index (χ1v) is 6.26. The van der Waals surface area contributed by atoms with E-state index in [1.165, 1.54) is 6.07 Å². The molecule has 0 saturated heterocycles. The van der Waals surface area contributed by atoms with Gasteiger partial charge >= 0.3 is 6.18 Å². The molecule has 4 N–H and O–H groups in total. The first-order chi connectivity index (χ1) is 9.24. The van der Waals surface area contributed by atoms with Gasteiger partial charge in [-0.05, 0) is 24.1 Å². The van der Waals surface area contributed by atoms with Crippen molar-refractivity contribution in [2.24, 2.45) is 16.8 Å². The molecule has 0 atom stereocenters. The zero-order valence-corrected chi connectivity index (χ0v) is 11.8. The van der Waals surface area contributed by atoms with Crippen LogP contribution in [-0.4, -0.2) is 12.5 Å². The molecule has 20 heavy (non-hydrogen) atoms. The number of alkyl halides is 3. The zero-order chi connectivity index (χ0) is 15.3. The van der Waals surface area contributed by atoms with Crippen LogP contribution in [0.25, 0.3) is 0 Å². The van der Waals surface area contributed by atoms with Crippen LogP contribution in [0.15, 0.2) is 23.2 Å². The van der Waals surface area contributed by atoms with Gasteiger partial charge < -0.3 is 5.32 Å². The Kier molecular flexibility index (Phi) is 5.64. The van der Waals surface area contributed by atoms with Crippen LogP contribution in [0.1, 0.15) is 19.4 Å². The number of halogens is 4. The van der Waals surface area contributed by atoms with E-state index in [0.29, 0.717) is 6.54 Å². The standard InChI is InChI=1S/C12H16ClF3N4/c1-7(2)6-18-11(20-17)19-10-5-8(12(14,15)16)3-4-9(10)13/h3-5,7H,6,17H2,1-2H3,(H2,18,19,20). The van der Waals surface area contributed by atoms with Crippen molar-refractivity contribution in [1.82, 2.24) is 5.43 Å². The molecule has 0 unspecified atom stereocenters. The van der Waals surface area contributed by atoms with Crippen LogP contribution in [0.2, 0.25) is 5.02 Å². The third-order valence-corrected chi connectivity index (χ3v) is 2.63. The Labute approximate surface area is 120 Å². The second-order valence-electron chi connectivity index (χ2n) is 4.54. The molecule has 0 fully saturated rings. The van der Waals surface area contributed by atoms with Gasteiger partial charge in [-0.1, -0.05) is 25.4 Å². The summed E-state index contributed by atoms with van der Waals surface area (Å²) in [5.41, 5.74) is 1.57. The van der Waals surface area contributed by atoms with Crippen molar-refractivity contribution < 1.29 is 13.2 Å². The highest BCUT2D eigenvalue weighted by Gasteiger charge is 2.31. The lowest BCUT2D eigenvalue weighted by Crippen LogP contribution is -2.36. The van der Waals surface area contributed by atoms with E-state index in [9.17, 15) is 13.2 Å². The van der Waals surface area contributed by atoms with Gasteiger partial charge in [-0.25, -0.2) is 5.84 Å². The normalized spacial score (nSPS) is 12.7. The fraction of sp³-hybridized carbons (Fsp3) is 0.417. The number of nitrogens with one attached hydrogen (secondary N) is 2. The molecule has 1 rings (SSSR count). The second-order valence-corrected chi connectivity index (χ2v) is 4.95. The maximum absolute atomic E-state index is 12.6. The minimum absolute atomic E-state index is 0.0851. The highest BCUT2D eigenvalue weighted by atomic mass is 35.5. The number of hydrogen-bond acceptors (Lipinski definition) is 2. The van der Waals surface area contributed by atoms with Gasteiger partial charge in [0.1, 0.15) is 0 Å². The Morgan fingerprint density at radius 2 is 2.05 bits per heavy atom. The van der Waals surface area contributed by atoms with Crippen LogP contribution in [-0.2, 0) is 6.18 Å². The molecule has 0 aromatic heterocycles. The molecule has 1 aromatic rings. The fourth-order valence-corrected chi connectivity index (χ4v) is 1.48. The molecule has 0 aliphatic rings. The van der Waals surface area contributed by atoms with Gasteiger partial charge in [-0.2, -0.15) is 13.2 Å². The molecule has 0 amide bonds. The largest absolute Gasteiger partial charge is 0.416 e. The van der Waals surface area contributed by atoms with E-state index in [0.717, 1.165) is 12.1 Å². The summed E-state index contributed by atoms with van der Waals surface area (Å²) in [6.07, 6.45) is -4.44. The number of aliphatic imine (C=N–C) groups is 1. The maximum Gasteiger partial charge on any atom is 0.416 e. The number of hydrogen-bond donors (Lipinski definition) is 3. The van der Waals surface area contributed by atoms with Gasteiger partial charge in [-0.3, -0.25) is 10.4 Å². The molecule has 0 saturated carbocycles. The minimum Gasteiger partial charge on any atom is -0.324 e. The minimum atomic E-state index is -4.44. The molecule has 4 nitrogen and oxygen atoms in total. The Morgan fingerprint density at radius 3 is 2.55 bits per heavy atom. The van der Waals surface area contributed by atoms with Gasteiger partial charge in [0.15, 0.2) is 0 Å². The lowest BCUT2D eigenvalue weighted by Gasteiger charge is -2.14. The van der Waals surface area contributed by atoms with Crippen molar-refractivity contribution in [3.05, 3.63) is 28.8 Å². The molecule has 112 valence electrons. The third kappa shape index (κ3) is 4.90. The Bertz CT molecular complexity index is 486. The molecule has 8 heteroatoms. The number of nitrogens with two attached hydrogens (primary N) is 1. The van der Waals surface area contributed by atoms with Crippen LogP contribution in [0, 0.1) is 5.92 Å². The predicted molar refractivity (Wildman–Crippen MR) is 74.5 cm³/mol. The van der Waals surface area contributed by atoms with Crippen molar-refractivity contribution in [1.29, 1.82) is 0 Å². The molecule has 0 spiro atoms. The summed E-state index contributed by atoms with van der Waals surface area (Å²) in [4.78, 5) is 4.10. The summed E-state index contributed by atoms with van der Waals surface area (Å²) in [5.74, 6) is 5.71. The van der Waals surface area contributed by atoms with E-state index in [-0.39, 0.29) is 22.6 Å². The van der Waals surface area contributed by atoms with Gasteiger partial charge in [0.05, 0.1) is 16.3 Å². The van der Waals surface area contributed by atoms with Crippen LogP contribution in [0.3, 0.4) is 0 Å². The lowest BCUT2D eigenvalue weighted by atomic mass is 10.2. The van der Waals surface area contributed by atoms with Crippen molar-refractivity contribution in [2.45, 2.75) is 20.0 Å². The number of nitrogens with zero attached hydrogens (tertiary/aromatic N) is 1. The molecule has 0 aliphatic heterocycles. The average Bonchev–Trinajstić information content (AvgIpc) is 2.34. The Balaban J connectivity index is 2.98. The van der Waals surface area contributed by atoms with Gasteiger partial charge in [0.25, 0.3) is 0 Å². The fourth-order valence-electron chi connectivity index (χ4n) is 1.32. The summed E-state index contributed by atoms with van der Waals surface area (Å²) in [5, 5.41) is 2.79. The SMILES string of the molecule is CC(C)CN=C(NN)Nc1cc(C(F)(F)F)ccc1Cl.